The highest BCUT2D eigenvalue weighted by atomic mass is 16.2. The molecule has 1 aliphatic carbocycles. The number of anilines is 1. The number of fused-ring (bicyclic) bond motifs is 3. The molecule has 0 aliphatic heterocycles. The largest absolute Gasteiger partial charge is 0.399 e. The van der Waals surface area contributed by atoms with Crippen LogP contribution in [0.25, 0.3) is 11.1 Å². The number of nitrogen functional groups attached to an aromatic ring is 1. The first-order valence-electron chi connectivity index (χ1n) is 8.53. The van der Waals surface area contributed by atoms with Crippen molar-refractivity contribution in [3.63, 3.8) is 0 Å². The van der Waals surface area contributed by atoms with Crippen LogP contribution >= 0.6 is 0 Å². The van der Waals surface area contributed by atoms with E-state index in [0.29, 0.717) is 11.3 Å². The molecule has 0 saturated carbocycles. The molecule has 0 bridgehead atoms. The standard InChI is InChI=1S/C22H19N3O/c1-14(24-25-22(26)15-6-9-19(23)10-7-15)16-8-11-21-18(12-16)13-17-4-2-3-5-20(17)21/h2-12H,13,23H2,1H3,(H,25,26)/b24-14-. The van der Waals surface area contributed by atoms with Gasteiger partial charge in [0.1, 0.15) is 0 Å². The average molecular weight is 341 g/mol. The summed E-state index contributed by atoms with van der Waals surface area (Å²) in [6, 6.07) is 21.6. The molecule has 26 heavy (non-hydrogen) atoms. The SMILES string of the molecule is C/C(=N/NC(=O)c1ccc(N)cc1)c1ccc2c(c1)Cc1ccccc1-2. The number of nitrogens with zero attached hydrogens (tertiary/aromatic N) is 1. The van der Waals surface area contributed by atoms with Gasteiger partial charge in [-0.3, -0.25) is 4.79 Å². The number of hydrogen-bond donors (Lipinski definition) is 2. The van der Waals surface area contributed by atoms with Gasteiger partial charge >= 0.3 is 0 Å². The van der Waals surface area contributed by atoms with E-state index in [1.165, 1.54) is 22.3 Å². The molecule has 1 aliphatic rings. The van der Waals surface area contributed by atoms with Gasteiger partial charge in [0.25, 0.3) is 5.91 Å². The van der Waals surface area contributed by atoms with E-state index in [-0.39, 0.29) is 5.91 Å². The molecule has 0 unspecified atom stereocenters. The van der Waals surface area contributed by atoms with Crippen molar-refractivity contribution in [3.05, 3.63) is 89.0 Å². The summed E-state index contributed by atoms with van der Waals surface area (Å²) < 4.78 is 0. The number of amides is 1. The zero-order valence-corrected chi connectivity index (χ0v) is 14.5. The zero-order chi connectivity index (χ0) is 18.1. The van der Waals surface area contributed by atoms with Gasteiger partial charge in [-0.05, 0) is 71.5 Å². The quantitative estimate of drug-likeness (QED) is 0.336. The van der Waals surface area contributed by atoms with E-state index < -0.39 is 0 Å². The predicted molar refractivity (Wildman–Crippen MR) is 105 cm³/mol. The lowest BCUT2D eigenvalue weighted by Gasteiger charge is -2.06. The molecule has 3 aromatic carbocycles. The maximum absolute atomic E-state index is 12.2. The highest BCUT2D eigenvalue weighted by Crippen LogP contribution is 2.36. The second-order valence-electron chi connectivity index (χ2n) is 6.47. The van der Waals surface area contributed by atoms with Gasteiger partial charge in [-0.15, -0.1) is 0 Å². The second-order valence-corrected chi connectivity index (χ2v) is 6.47. The molecule has 3 N–H and O–H groups in total. The van der Waals surface area contributed by atoms with Gasteiger partial charge in [0.15, 0.2) is 0 Å². The van der Waals surface area contributed by atoms with Crippen molar-refractivity contribution in [1.29, 1.82) is 0 Å². The van der Waals surface area contributed by atoms with E-state index in [0.717, 1.165) is 17.7 Å². The third kappa shape index (κ3) is 2.97. The van der Waals surface area contributed by atoms with Crippen molar-refractivity contribution in [2.75, 3.05) is 5.73 Å². The van der Waals surface area contributed by atoms with Crippen molar-refractivity contribution in [2.45, 2.75) is 13.3 Å². The van der Waals surface area contributed by atoms with Gasteiger partial charge in [-0.2, -0.15) is 5.10 Å². The van der Waals surface area contributed by atoms with Gasteiger partial charge in [0.2, 0.25) is 0 Å². The van der Waals surface area contributed by atoms with Crippen molar-refractivity contribution < 1.29 is 4.79 Å². The number of carbonyl (C=O) groups is 1. The van der Waals surface area contributed by atoms with Gasteiger partial charge in [0, 0.05) is 11.3 Å². The normalized spacial score (nSPS) is 12.4. The summed E-state index contributed by atoms with van der Waals surface area (Å²) in [4.78, 5) is 12.2. The molecule has 1 amide bonds. The molecule has 4 rings (SSSR count). The monoisotopic (exact) mass is 341 g/mol. The van der Waals surface area contributed by atoms with Crippen LogP contribution in [0.15, 0.2) is 71.8 Å². The molecule has 128 valence electrons. The molecule has 4 heteroatoms. The van der Waals surface area contributed by atoms with Crippen LogP contribution in [-0.2, 0) is 6.42 Å². The number of rotatable bonds is 3. The third-order valence-electron chi connectivity index (χ3n) is 4.71. The number of nitrogens with one attached hydrogen (secondary N) is 1. The number of hydrazone groups is 1. The van der Waals surface area contributed by atoms with Crippen LogP contribution in [-0.4, -0.2) is 11.6 Å². The second kappa shape index (κ2) is 6.48. The van der Waals surface area contributed by atoms with Crippen LogP contribution in [0.2, 0.25) is 0 Å². The fraction of sp³-hybridized carbons (Fsp3) is 0.0909. The average Bonchev–Trinajstić information content (AvgIpc) is 3.04. The summed E-state index contributed by atoms with van der Waals surface area (Å²) >= 11 is 0. The molecular weight excluding hydrogens is 322 g/mol. The highest BCUT2D eigenvalue weighted by Gasteiger charge is 2.18. The van der Waals surface area contributed by atoms with Crippen LogP contribution in [0.3, 0.4) is 0 Å². The summed E-state index contributed by atoms with van der Waals surface area (Å²) in [5.74, 6) is -0.252. The number of hydrogen-bond acceptors (Lipinski definition) is 3. The van der Waals surface area contributed by atoms with Crippen LogP contribution in [0.5, 0.6) is 0 Å². The van der Waals surface area contributed by atoms with Gasteiger partial charge in [-0.1, -0.05) is 36.4 Å². The molecule has 0 aromatic heterocycles. The lowest BCUT2D eigenvalue weighted by Crippen LogP contribution is -2.19. The van der Waals surface area contributed by atoms with E-state index >= 15 is 0 Å². The smallest absolute Gasteiger partial charge is 0.271 e. The first-order valence-corrected chi connectivity index (χ1v) is 8.53. The van der Waals surface area contributed by atoms with Gasteiger partial charge in [0.05, 0.1) is 5.71 Å². The van der Waals surface area contributed by atoms with Crippen LogP contribution in [0, 0.1) is 0 Å². The Morgan fingerprint density at radius 1 is 0.923 bits per heavy atom. The lowest BCUT2D eigenvalue weighted by molar-refractivity contribution is 0.0955. The Kier molecular flexibility index (Phi) is 4.01. The summed E-state index contributed by atoms with van der Waals surface area (Å²) in [7, 11) is 0. The van der Waals surface area contributed by atoms with E-state index in [9.17, 15) is 4.79 Å². The fourth-order valence-corrected chi connectivity index (χ4v) is 3.27. The Hall–Kier alpha value is -3.40. The Morgan fingerprint density at radius 3 is 2.42 bits per heavy atom. The molecule has 0 saturated heterocycles. The minimum Gasteiger partial charge on any atom is -0.399 e. The lowest BCUT2D eigenvalue weighted by atomic mass is 10.0. The van der Waals surface area contributed by atoms with Crippen LogP contribution in [0.4, 0.5) is 5.69 Å². The van der Waals surface area contributed by atoms with Gasteiger partial charge in [-0.25, -0.2) is 5.43 Å². The fourth-order valence-electron chi connectivity index (χ4n) is 3.27. The molecular formula is C22H19N3O. The van der Waals surface area contributed by atoms with E-state index in [2.05, 4.69) is 53.0 Å². The number of benzene rings is 3. The Bertz CT molecular complexity index is 1020. The minimum absolute atomic E-state index is 0.252. The molecule has 0 spiro atoms. The van der Waals surface area contributed by atoms with Crippen molar-refractivity contribution >= 4 is 17.3 Å². The summed E-state index contributed by atoms with van der Waals surface area (Å²) in [5, 5.41) is 4.25. The Morgan fingerprint density at radius 2 is 1.62 bits per heavy atom. The number of nitrogens with two attached hydrogens (primary N) is 1. The predicted octanol–water partition coefficient (Wildman–Crippen LogP) is 3.99. The van der Waals surface area contributed by atoms with Crippen molar-refractivity contribution in [2.24, 2.45) is 5.10 Å². The Balaban J connectivity index is 1.53. The van der Waals surface area contributed by atoms with Crippen molar-refractivity contribution in [1.82, 2.24) is 5.43 Å². The third-order valence-corrected chi connectivity index (χ3v) is 4.71. The molecule has 0 heterocycles. The summed E-state index contributed by atoms with van der Waals surface area (Å²) in [6.07, 6.45) is 0.935. The topological polar surface area (TPSA) is 67.5 Å². The number of carbonyl (C=O) groups excluding carboxylic acids is 1. The molecule has 3 aromatic rings. The van der Waals surface area contributed by atoms with E-state index in [1.807, 2.05) is 6.92 Å². The summed E-state index contributed by atoms with van der Waals surface area (Å²) in [6.45, 7) is 1.90. The maximum atomic E-state index is 12.2. The van der Waals surface area contributed by atoms with E-state index in [4.69, 9.17) is 5.73 Å². The Labute approximate surface area is 152 Å². The van der Waals surface area contributed by atoms with Crippen molar-refractivity contribution in [3.8, 4) is 11.1 Å². The molecule has 0 radical (unpaired) electrons. The van der Waals surface area contributed by atoms with Crippen LogP contribution in [0.1, 0.15) is 34.0 Å². The molecule has 0 fully saturated rings. The first kappa shape index (κ1) is 16.1. The molecule has 4 nitrogen and oxygen atoms in total. The van der Waals surface area contributed by atoms with Crippen LogP contribution < -0.4 is 11.2 Å². The first-order chi connectivity index (χ1) is 12.6. The van der Waals surface area contributed by atoms with E-state index in [1.54, 1.807) is 24.3 Å². The minimum atomic E-state index is -0.252. The molecule has 0 atom stereocenters. The highest BCUT2D eigenvalue weighted by molar-refractivity contribution is 6.01. The maximum Gasteiger partial charge on any atom is 0.271 e. The zero-order valence-electron chi connectivity index (χ0n) is 14.5. The van der Waals surface area contributed by atoms with Gasteiger partial charge < -0.3 is 5.73 Å². The summed E-state index contributed by atoms with van der Waals surface area (Å²) in [5.41, 5.74) is 16.4.